The van der Waals surface area contributed by atoms with Crippen LogP contribution in [0.25, 0.3) is 0 Å². The van der Waals surface area contributed by atoms with Crippen molar-refractivity contribution in [1.82, 2.24) is 5.32 Å². The molecule has 0 fully saturated rings. The molecule has 0 aromatic carbocycles. The zero-order valence-corrected chi connectivity index (χ0v) is 9.74. The average Bonchev–Trinajstić information content (AvgIpc) is 2.24. The molecule has 1 unspecified atom stereocenters. The molecule has 0 amide bonds. The first-order valence-corrected chi connectivity index (χ1v) is 5.85. The van der Waals surface area contributed by atoms with Crippen LogP contribution in [-0.2, 0) is 4.74 Å². The minimum atomic E-state index is 0.0863. The molecule has 0 heterocycles. The summed E-state index contributed by atoms with van der Waals surface area (Å²) >= 11 is 0. The number of hydrogen-bond acceptors (Lipinski definition) is 4. The fourth-order valence-corrected chi connectivity index (χ4v) is 1.56. The summed E-state index contributed by atoms with van der Waals surface area (Å²) in [4.78, 5) is 0. The number of ether oxygens (including phenoxy) is 1. The van der Waals surface area contributed by atoms with Crippen molar-refractivity contribution in [1.29, 1.82) is 0 Å². The van der Waals surface area contributed by atoms with Gasteiger partial charge in [-0.05, 0) is 25.3 Å². The first-order valence-electron chi connectivity index (χ1n) is 5.85. The first-order chi connectivity index (χ1) is 7.35. The molecule has 0 bridgehead atoms. The third kappa shape index (κ3) is 10.1. The fourth-order valence-electron chi connectivity index (χ4n) is 1.56. The third-order valence-corrected chi connectivity index (χ3v) is 2.33. The Morgan fingerprint density at radius 2 is 1.93 bits per heavy atom. The van der Waals surface area contributed by atoms with E-state index in [2.05, 4.69) is 12.2 Å². The second-order valence-corrected chi connectivity index (χ2v) is 3.71. The predicted octanol–water partition coefficient (Wildman–Crippen LogP) is 0.384. The Balaban J connectivity index is 3.28. The van der Waals surface area contributed by atoms with Crippen LogP contribution in [0, 0.1) is 5.92 Å². The standard InChI is InChI=1S/C11H25NO3/c1-2-3-11(4-6-13)10-12-5-8-15-9-7-14/h11-14H,2-10H2,1H3. The van der Waals surface area contributed by atoms with Gasteiger partial charge in [-0.1, -0.05) is 13.3 Å². The maximum atomic E-state index is 8.86. The zero-order chi connectivity index (χ0) is 11.4. The molecule has 0 saturated heterocycles. The Labute approximate surface area is 92.6 Å². The summed E-state index contributed by atoms with van der Waals surface area (Å²) < 4.78 is 5.12. The van der Waals surface area contributed by atoms with Gasteiger partial charge in [0.1, 0.15) is 0 Å². The Morgan fingerprint density at radius 1 is 1.13 bits per heavy atom. The van der Waals surface area contributed by atoms with E-state index in [4.69, 9.17) is 14.9 Å². The molecule has 92 valence electrons. The van der Waals surface area contributed by atoms with Crippen molar-refractivity contribution in [2.75, 3.05) is 39.5 Å². The van der Waals surface area contributed by atoms with E-state index in [1.165, 1.54) is 0 Å². The molecule has 0 aliphatic heterocycles. The summed E-state index contributed by atoms with van der Waals surface area (Å²) in [6.07, 6.45) is 3.19. The van der Waals surface area contributed by atoms with Gasteiger partial charge >= 0.3 is 0 Å². The van der Waals surface area contributed by atoms with Crippen molar-refractivity contribution in [3.8, 4) is 0 Å². The molecule has 0 aromatic rings. The van der Waals surface area contributed by atoms with Crippen molar-refractivity contribution in [2.24, 2.45) is 5.92 Å². The molecule has 0 spiro atoms. The van der Waals surface area contributed by atoms with Gasteiger partial charge in [0, 0.05) is 13.2 Å². The highest BCUT2D eigenvalue weighted by molar-refractivity contribution is 4.61. The highest BCUT2D eigenvalue weighted by Gasteiger charge is 2.05. The van der Waals surface area contributed by atoms with E-state index < -0.39 is 0 Å². The van der Waals surface area contributed by atoms with Crippen molar-refractivity contribution in [3.63, 3.8) is 0 Å². The van der Waals surface area contributed by atoms with E-state index in [0.717, 1.165) is 32.4 Å². The summed E-state index contributed by atoms with van der Waals surface area (Å²) in [5.41, 5.74) is 0. The van der Waals surface area contributed by atoms with Gasteiger partial charge in [0.2, 0.25) is 0 Å². The van der Waals surface area contributed by atoms with Gasteiger partial charge in [-0.2, -0.15) is 0 Å². The molecule has 3 N–H and O–H groups in total. The first kappa shape index (κ1) is 14.8. The lowest BCUT2D eigenvalue weighted by Gasteiger charge is -2.15. The van der Waals surface area contributed by atoms with Crippen LogP contribution in [0.15, 0.2) is 0 Å². The van der Waals surface area contributed by atoms with Crippen molar-refractivity contribution in [2.45, 2.75) is 26.2 Å². The van der Waals surface area contributed by atoms with Crippen molar-refractivity contribution >= 4 is 0 Å². The maximum absolute atomic E-state index is 8.86. The Hall–Kier alpha value is -0.160. The minimum Gasteiger partial charge on any atom is -0.396 e. The van der Waals surface area contributed by atoms with Gasteiger partial charge in [-0.15, -0.1) is 0 Å². The number of aliphatic hydroxyl groups excluding tert-OH is 2. The number of hydrogen-bond donors (Lipinski definition) is 3. The van der Waals surface area contributed by atoms with Gasteiger partial charge in [-0.3, -0.25) is 0 Å². The van der Waals surface area contributed by atoms with E-state index in [9.17, 15) is 0 Å². The quantitative estimate of drug-likeness (QED) is 0.440. The van der Waals surface area contributed by atoms with E-state index in [0.29, 0.717) is 19.1 Å². The van der Waals surface area contributed by atoms with E-state index in [-0.39, 0.29) is 13.2 Å². The van der Waals surface area contributed by atoms with Crippen molar-refractivity contribution < 1.29 is 14.9 Å². The molecule has 0 saturated carbocycles. The number of rotatable bonds is 11. The Bertz CT molecular complexity index is 116. The molecule has 0 aliphatic rings. The lowest BCUT2D eigenvalue weighted by Crippen LogP contribution is -2.27. The van der Waals surface area contributed by atoms with Crippen LogP contribution in [0.3, 0.4) is 0 Å². The average molecular weight is 219 g/mol. The van der Waals surface area contributed by atoms with Crippen LogP contribution < -0.4 is 5.32 Å². The predicted molar refractivity (Wildman–Crippen MR) is 60.9 cm³/mol. The van der Waals surface area contributed by atoms with Gasteiger partial charge in [0.25, 0.3) is 0 Å². The number of aliphatic hydroxyl groups is 2. The van der Waals surface area contributed by atoms with Gasteiger partial charge in [0.15, 0.2) is 0 Å². The molecule has 4 nitrogen and oxygen atoms in total. The third-order valence-electron chi connectivity index (χ3n) is 2.33. The highest BCUT2D eigenvalue weighted by atomic mass is 16.5. The largest absolute Gasteiger partial charge is 0.396 e. The summed E-state index contributed by atoms with van der Waals surface area (Å²) in [5, 5.41) is 20.6. The van der Waals surface area contributed by atoms with Crippen LogP contribution in [0.1, 0.15) is 26.2 Å². The molecule has 0 radical (unpaired) electrons. The second-order valence-electron chi connectivity index (χ2n) is 3.71. The van der Waals surface area contributed by atoms with Crippen LogP contribution in [-0.4, -0.2) is 49.7 Å². The summed E-state index contributed by atoms with van der Waals surface area (Å²) in [7, 11) is 0. The monoisotopic (exact) mass is 219 g/mol. The van der Waals surface area contributed by atoms with Crippen LogP contribution in [0.5, 0.6) is 0 Å². The molecular weight excluding hydrogens is 194 g/mol. The SMILES string of the molecule is CCCC(CCO)CNCCOCCO. The molecule has 4 heteroatoms. The minimum absolute atomic E-state index is 0.0863. The van der Waals surface area contributed by atoms with Crippen molar-refractivity contribution in [3.05, 3.63) is 0 Å². The smallest absolute Gasteiger partial charge is 0.0698 e. The summed E-state index contributed by atoms with van der Waals surface area (Å²) in [5.74, 6) is 0.567. The lowest BCUT2D eigenvalue weighted by molar-refractivity contribution is 0.0932. The molecular formula is C11H25NO3. The van der Waals surface area contributed by atoms with E-state index in [1.807, 2.05) is 0 Å². The van der Waals surface area contributed by atoms with Crippen LogP contribution in [0.4, 0.5) is 0 Å². The molecule has 0 aliphatic carbocycles. The van der Waals surface area contributed by atoms with E-state index >= 15 is 0 Å². The zero-order valence-electron chi connectivity index (χ0n) is 9.74. The second kappa shape index (κ2) is 11.9. The van der Waals surface area contributed by atoms with Gasteiger partial charge in [0.05, 0.1) is 19.8 Å². The van der Waals surface area contributed by atoms with Crippen LogP contribution in [0.2, 0.25) is 0 Å². The molecule has 0 rings (SSSR count). The fraction of sp³-hybridized carbons (Fsp3) is 1.00. The highest BCUT2D eigenvalue weighted by Crippen LogP contribution is 2.08. The molecule has 15 heavy (non-hydrogen) atoms. The molecule has 0 aromatic heterocycles. The summed E-state index contributed by atoms with van der Waals surface area (Å²) in [6, 6.07) is 0. The van der Waals surface area contributed by atoms with Crippen LogP contribution >= 0.6 is 0 Å². The molecule has 1 atom stereocenters. The Kier molecular flexibility index (Phi) is 11.8. The number of nitrogens with one attached hydrogen (secondary N) is 1. The van der Waals surface area contributed by atoms with Gasteiger partial charge in [-0.25, -0.2) is 0 Å². The topological polar surface area (TPSA) is 61.7 Å². The Morgan fingerprint density at radius 3 is 2.53 bits per heavy atom. The lowest BCUT2D eigenvalue weighted by atomic mass is 10.0. The normalized spacial score (nSPS) is 13.0. The maximum Gasteiger partial charge on any atom is 0.0698 e. The van der Waals surface area contributed by atoms with Gasteiger partial charge < -0.3 is 20.3 Å². The van der Waals surface area contributed by atoms with E-state index in [1.54, 1.807) is 0 Å². The summed E-state index contributed by atoms with van der Waals surface area (Å²) in [6.45, 7) is 5.32.